The van der Waals surface area contributed by atoms with Crippen molar-refractivity contribution in [2.24, 2.45) is 5.92 Å². The van der Waals surface area contributed by atoms with Crippen LogP contribution in [0.1, 0.15) is 26.7 Å². The molecule has 64 valence electrons. The van der Waals surface area contributed by atoms with Crippen molar-refractivity contribution in [3.63, 3.8) is 0 Å². The first-order valence-corrected chi connectivity index (χ1v) is 3.99. The minimum absolute atomic E-state index is 0.131. The lowest BCUT2D eigenvalue weighted by Crippen LogP contribution is -2.48. The first kappa shape index (κ1) is 8.53. The van der Waals surface area contributed by atoms with Gasteiger partial charge in [0.25, 0.3) is 0 Å². The minimum Gasteiger partial charge on any atom is -0.481 e. The third-order valence-corrected chi connectivity index (χ3v) is 2.29. The summed E-state index contributed by atoms with van der Waals surface area (Å²) in [6.45, 7) is 4.82. The Morgan fingerprint density at radius 3 is 2.64 bits per heavy atom. The van der Waals surface area contributed by atoms with Gasteiger partial charge in [0, 0.05) is 12.1 Å². The molecule has 2 N–H and O–H groups in total. The van der Waals surface area contributed by atoms with Crippen molar-refractivity contribution in [3.8, 4) is 0 Å². The Labute approximate surface area is 66.8 Å². The highest BCUT2D eigenvalue weighted by molar-refractivity contribution is 5.70. The lowest BCUT2D eigenvalue weighted by molar-refractivity contribution is -0.142. The van der Waals surface area contributed by atoms with Gasteiger partial charge in [-0.2, -0.15) is 0 Å². The summed E-state index contributed by atoms with van der Waals surface area (Å²) in [5.74, 6) is -0.851. The molecule has 0 aliphatic carbocycles. The molecule has 1 aliphatic rings. The molecule has 0 bridgehead atoms. The molecule has 0 aromatic heterocycles. The van der Waals surface area contributed by atoms with E-state index in [-0.39, 0.29) is 11.5 Å². The molecule has 1 saturated heterocycles. The average Bonchev–Trinajstić information content (AvgIpc) is 1.86. The zero-order valence-corrected chi connectivity index (χ0v) is 7.05. The molecule has 1 unspecified atom stereocenters. The second-order valence-corrected chi connectivity index (χ2v) is 3.84. The molecule has 1 heterocycles. The number of hydrogen-bond acceptors (Lipinski definition) is 2. The molecule has 0 spiro atoms. The van der Waals surface area contributed by atoms with Crippen LogP contribution in [0, 0.1) is 5.92 Å². The summed E-state index contributed by atoms with van der Waals surface area (Å²) in [5.41, 5.74) is 0.131. The van der Waals surface area contributed by atoms with Crippen molar-refractivity contribution in [3.05, 3.63) is 0 Å². The monoisotopic (exact) mass is 157 g/mol. The maximum Gasteiger partial charge on any atom is 0.307 e. The predicted octanol–water partition coefficient (Wildman–Crippen LogP) is 0.849. The molecule has 1 aliphatic heterocycles. The number of nitrogens with one attached hydrogen (secondary N) is 1. The second-order valence-electron chi connectivity index (χ2n) is 3.84. The van der Waals surface area contributed by atoms with Gasteiger partial charge in [0.05, 0.1) is 5.92 Å². The molecule has 0 saturated carbocycles. The summed E-state index contributed by atoms with van der Waals surface area (Å²) in [6, 6.07) is 0. The van der Waals surface area contributed by atoms with Crippen LogP contribution in [0.25, 0.3) is 0 Å². The van der Waals surface area contributed by atoms with E-state index in [0.29, 0.717) is 6.54 Å². The van der Waals surface area contributed by atoms with Crippen LogP contribution in [0.3, 0.4) is 0 Å². The molecule has 0 radical (unpaired) electrons. The molecule has 1 fully saturated rings. The van der Waals surface area contributed by atoms with E-state index >= 15 is 0 Å². The topological polar surface area (TPSA) is 49.3 Å². The third-order valence-electron chi connectivity index (χ3n) is 2.29. The van der Waals surface area contributed by atoms with Gasteiger partial charge in [0.1, 0.15) is 0 Å². The molecule has 11 heavy (non-hydrogen) atoms. The van der Waals surface area contributed by atoms with Gasteiger partial charge in [-0.15, -0.1) is 0 Å². The number of carboxylic acid groups (broad SMARTS) is 1. The van der Waals surface area contributed by atoms with Gasteiger partial charge >= 0.3 is 5.97 Å². The van der Waals surface area contributed by atoms with Crippen molar-refractivity contribution < 1.29 is 9.90 Å². The van der Waals surface area contributed by atoms with Crippen LogP contribution in [0.5, 0.6) is 0 Å². The lowest BCUT2D eigenvalue weighted by Gasteiger charge is -2.34. The molecule has 0 amide bonds. The van der Waals surface area contributed by atoms with E-state index < -0.39 is 5.97 Å². The Bertz CT molecular complexity index is 155. The van der Waals surface area contributed by atoms with Crippen LogP contribution in [0.2, 0.25) is 0 Å². The molecular weight excluding hydrogens is 142 g/mol. The minimum atomic E-state index is -0.673. The highest BCUT2D eigenvalue weighted by atomic mass is 16.4. The SMILES string of the molecule is CC1(C)CCC(C(=O)O)CN1. The fraction of sp³-hybridized carbons (Fsp3) is 0.875. The molecule has 0 aromatic rings. The average molecular weight is 157 g/mol. The van der Waals surface area contributed by atoms with Gasteiger partial charge in [-0.1, -0.05) is 0 Å². The summed E-state index contributed by atoms with van der Waals surface area (Å²) < 4.78 is 0. The van der Waals surface area contributed by atoms with E-state index in [1.54, 1.807) is 0 Å². The summed E-state index contributed by atoms with van der Waals surface area (Å²) in [5, 5.41) is 11.9. The smallest absolute Gasteiger partial charge is 0.307 e. The predicted molar refractivity (Wildman–Crippen MR) is 42.4 cm³/mol. The van der Waals surface area contributed by atoms with Crippen LogP contribution in [-0.2, 0) is 4.79 Å². The fourth-order valence-electron chi connectivity index (χ4n) is 1.34. The molecule has 1 rings (SSSR count). The molecular formula is C8H15NO2. The molecule has 3 nitrogen and oxygen atoms in total. The third kappa shape index (κ3) is 2.19. The normalized spacial score (nSPS) is 29.8. The Balaban J connectivity index is 2.42. The maximum absolute atomic E-state index is 10.5. The highest BCUT2D eigenvalue weighted by Crippen LogP contribution is 2.21. The number of carboxylic acids is 1. The second kappa shape index (κ2) is 2.81. The van der Waals surface area contributed by atoms with Crippen molar-refractivity contribution in [2.45, 2.75) is 32.2 Å². The fourth-order valence-corrected chi connectivity index (χ4v) is 1.34. The van der Waals surface area contributed by atoms with Crippen LogP contribution < -0.4 is 5.32 Å². The number of rotatable bonds is 1. The highest BCUT2D eigenvalue weighted by Gasteiger charge is 2.29. The lowest BCUT2D eigenvalue weighted by atomic mass is 9.87. The van der Waals surface area contributed by atoms with Crippen molar-refractivity contribution >= 4 is 5.97 Å². The Morgan fingerprint density at radius 2 is 2.27 bits per heavy atom. The maximum atomic E-state index is 10.5. The van der Waals surface area contributed by atoms with Crippen LogP contribution in [0.4, 0.5) is 0 Å². The van der Waals surface area contributed by atoms with Gasteiger partial charge in [-0.25, -0.2) is 0 Å². The van der Waals surface area contributed by atoms with Crippen molar-refractivity contribution in [2.75, 3.05) is 6.54 Å². The summed E-state index contributed by atoms with van der Waals surface area (Å²) >= 11 is 0. The Kier molecular flexibility index (Phi) is 2.18. The van der Waals surface area contributed by atoms with E-state index in [2.05, 4.69) is 19.2 Å². The van der Waals surface area contributed by atoms with E-state index in [1.807, 2.05) is 0 Å². The van der Waals surface area contributed by atoms with Crippen molar-refractivity contribution in [1.29, 1.82) is 0 Å². The van der Waals surface area contributed by atoms with E-state index in [1.165, 1.54) is 0 Å². The largest absolute Gasteiger partial charge is 0.481 e. The first-order chi connectivity index (χ1) is 5.01. The number of carbonyl (C=O) groups is 1. The van der Waals surface area contributed by atoms with Gasteiger partial charge in [-0.05, 0) is 26.7 Å². The summed E-state index contributed by atoms with van der Waals surface area (Å²) in [6.07, 6.45) is 1.75. The molecule has 1 atom stereocenters. The van der Waals surface area contributed by atoms with Gasteiger partial charge in [-0.3, -0.25) is 4.79 Å². The van der Waals surface area contributed by atoms with Gasteiger partial charge < -0.3 is 10.4 Å². The van der Waals surface area contributed by atoms with Crippen LogP contribution in [0.15, 0.2) is 0 Å². The van der Waals surface area contributed by atoms with E-state index in [0.717, 1.165) is 12.8 Å². The Hall–Kier alpha value is -0.570. The number of hydrogen-bond donors (Lipinski definition) is 2. The zero-order valence-electron chi connectivity index (χ0n) is 7.05. The molecule has 0 aromatic carbocycles. The number of piperidine rings is 1. The summed E-state index contributed by atoms with van der Waals surface area (Å²) in [4.78, 5) is 10.5. The van der Waals surface area contributed by atoms with E-state index in [9.17, 15) is 4.79 Å². The zero-order chi connectivity index (χ0) is 8.48. The van der Waals surface area contributed by atoms with Crippen LogP contribution >= 0.6 is 0 Å². The van der Waals surface area contributed by atoms with Gasteiger partial charge in [0.2, 0.25) is 0 Å². The summed E-state index contributed by atoms with van der Waals surface area (Å²) in [7, 11) is 0. The Morgan fingerprint density at radius 1 is 1.64 bits per heavy atom. The van der Waals surface area contributed by atoms with Crippen molar-refractivity contribution in [1.82, 2.24) is 5.32 Å². The van der Waals surface area contributed by atoms with E-state index in [4.69, 9.17) is 5.11 Å². The van der Waals surface area contributed by atoms with Crippen LogP contribution in [-0.4, -0.2) is 23.2 Å². The van der Waals surface area contributed by atoms with Gasteiger partial charge in [0.15, 0.2) is 0 Å². The molecule has 3 heteroatoms. The quantitative estimate of drug-likeness (QED) is 0.593. The first-order valence-electron chi connectivity index (χ1n) is 3.99. The number of aliphatic carboxylic acids is 1. The standard InChI is InChI=1S/C8H15NO2/c1-8(2)4-3-6(5-9-8)7(10)11/h6,9H,3-5H2,1-2H3,(H,10,11).